The molecule has 0 saturated heterocycles. The Hall–Kier alpha value is -0.480. The second kappa shape index (κ2) is 7.34. The number of halogens is 1. The van der Waals surface area contributed by atoms with Crippen molar-refractivity contribution < 1.29 is 4.79 Å². The molecule has 1 atom stereocenters. The Morgan fingerprint density at radius 2 is 2.00 bits per heavy atom. The Balaban J connectivity index is 1.75. The smallest absolute Gasteiger partial charge is 0.233 e. The molecule has 1 unspecified atom stereocenters. The minimum atomic E-state index is 0.0178. The van der Waals surface area contributed by atoms with E-state index in [9.17, 15) is 4.79 Å². The van der Waals surface area contributed by atoms with Crippen LogP contribution in [-0.4, -0.2) is 17.2 Å². The first-order valence-corrected chi connectivity index (χ1v) is 8.66. The van der Waals surface area contributed by atoms with Crippen molar-refractivity contribution in [3.8, 4) is 0 Å². The van der Waals surface area contributed by atoms with E-state index in [1.807, 2.05) is 19.1 Å². The molecule has 0 radical (unpaired) electrons. The van der Waals surface area contributed by atoms with Gasteiger partial charge in [0.05, 0.1) is 5.25 Å². The standard InChI is InChI=1S/C15H20BrNOS/c1-11(15(18)17-14-4-2-3-5-14)19-10-12-6-8-13(16)9-7-12/h6-9,11,14H,2-5,10H2,1H3,(H,17,18). The molecule has 0 bridgehead atoms. The third-order valence-electron chi connectivity index (χ3n) is 3.48. The first kappa shape index (κ1) is 14.9. The second-order valence-corrected chi connectivity index (χ2v) is 7.31. The molecule has 0 heterocycles. The predicted octanol–water partition coefficient (Wildman–Crippen LogP) is 4.13. The molecule has 2 rings (SSSR count). The Bertz CT molecular complexity index is 415. The first-order valence-electron chi connectivity index (χ1n) is 6.81. The fourth-order valence-corrected chi connectivity index (χ4v) is 3.38. The van der Waals surface area contributed by atoms with Crippen LogP contribution < -0.4 is 5.32 Å². The van der Waals surface area contributed by atoms with Crippen molar-refractivity contribution in [2.75, 3.05) is 0 Å². The van der Waals surface area contributed by atoms with Crippen LogP contribution >= 0.6 is 27.7 Å². The van der Waals surface area contributed by atoms with Crippen molar-refractivity contribution in [3.63, 3.8) is 0 Å². The third-order valence-corrected chi connectivity index (χ3v) is 5.23. The van der Waals surface area contributed by atoms with Gasteiger partial charge in [-0.2, -0.15) is 0 Å². The van der Waals surface area contributed by atoms with Gasteiger partial charge >= 0.3 is 0 Å². The summed E-state index contributed by atoms with van der Waals surface area (Å²) in [6.07, 6.45) is 4.81. The summed E-state index contributed by atoms with van der Waals surface area (Å²) in [6, 6.07) is 8.69. The van der Waals surface area contributed by atoms with E-state index >= 15 is 0 Å². The summed E-state index contributed by atoms with van der Waals surface area (Å²) in [6.45, 7) is 1.99. The van der Waals surface area contributed by atoms with Crippen LogP contribution in [0.4, 0.5) is 0 Å². The fraction of sp³-hybridized carbons (Fsp3) is 0.533. The van der Waals surface area contributed by atoms with Crippen LogP contribution in [0.25, 0.3) is 0 Å². The molecule has 19 heavy (non-hydrogen) atoms. The molecule has 1 aromatic carbocycles. The molecule has 1 aromatic rings. The van der Waals surface area contributed by atoms with Crippen LogP contribution in [0.1, 0.15) is 38.2 Å². The lowest BCUT2D eigenvalue weighted by molar-refractivity contribution is -0.120. The number of amides is 1. The number of carbonyl (C=O) groups excluding carboxylic acids is 1. The number of nitrogens with one attached hydrogen (secondary N) is 1. The molecule has 1 saturated carbocycles. The Morgan fingerprint density at radius 1 is 1.37 bits per heavy atom. The average molecular weight is 342 g/mol. The lowest BCUT2D eigenvalue weighted by Gasteiger charge is -2.16. The molecule has 1 aliphatic carbocycles. The van der Waals surface area contributed by atoms with Gasteiger partial charge in [0.15, 0.2) is 0 Å². The van der Waals surface area contributed by atoms with Crippen molar-refractivity contribution in [1.29, 1.82) is 0 Å². The van der Waals surface area contributed by atoms with E-state index in [1.54, 1.807) is 11.8 Å². The van der Waals surface area contributed by atoms with Gasteiger partial charge in [-0.25, -0.2) is 0 Å². The minimum Gasteiger partial charge on any atom is -0.352 e. The third kappa shape index (κ3) is 4.84. The summed E-state index contributed by atoms with van der Waals surface area (Å²) in [5.74, 6) is 1.07. The Kier molecular flexibility index (Phi) is 5.76. The number of rotatable bonds is 5. The summed E-state index contributed by atoms with van der Waals surface area (Å²) in [5.41, 5.74) is 1.26. The van der Waals surface area contributed by atoms with E-state index < -0.39 is 0 Å². The Labute approximate surface area is 127 Å². The highest BCUT2D eigenvalue weighted by Crippen LogP contribution is 2.21. The van der Waals surface area contributed by atoms with Crippen LogP contribution in [0, 0.1) is 0 Å². The molecule has 1 aliphatic rings. The first-order chi connectivity index (χ1) is 9.15. The molecule has 0 aliphatic heterocycles. The van der Waals surface area contributed by atoms with Crippen LogP contribution in [0.15, 0.2) is 28.7 Å². The summed E-state index contributed by atoms with van der Waals surface area (Å²) in [5, 5.41) is 3.17. The zero-order chi connectivity index (χ0) is 13.7. The van der Waals surface area contributed by atoms with Crippen molar-refractivity contribution >= 4 is 33.6 Å². The van der Waals surface area contributed by atoms with Gasteiger partial charge in [-0.05, 0) is 37.5 Å². The van der Waals surface area contributed by atoms with Crippen LogP contribution in [-0.2, 0) is 10.5 Å². The zero-order valence-corrected chi connectivity index (χ0v) is 13.6. The lowest BCUT2D eigenvalue weighted by Crippen LogP contribution is -2.37. The maximum atomic E-state index is 12.0. The highest BCUT2D eigenvalue weighted by Gasteiger charge is 2.20. The number of carbonyl (C=O) groups is 1. The molecule has 1 fully saturated rings. The monoisotopic (exact) mass is 341 g/mol. The molecule has 0 spiro atoms. The Morgan fingerprint density at radius 3 is 2.63 bits per heavy atom. The largest absolute Gasteiger partial charge is 0.352 e. The predicted molar refractivity (Wildman–Crippen MR) is 85.3 cm³/mol. The molecule has 2 nitrogen and oxygen atoms in total. The quantitative estimate of drug-likeness (QED) is 0.872. The lowest BCUT2D eigenvalue weighted by atomic mass is 10.2. The van der Waals surface area contributed by atoms with Gasteiger partial charge in [0.1, 0.15) is 0 Å². The van der Waals surface area contributed by atoms with Crippen LogP contribution in [0.2, 0.25) is 0 Å². The minimum absolute atomic E-state index is 0.0178. The van der Waals surface area contributed by atoms with E-state index in [0.29, 0.717) is 6.04 Å². The maximum absolute atomic E-state index is 12.0. The normalized spacial score (nSPS) is 17.4. The summed E-state index contributed by atoms with van der Waals surface area (Å²) < 4.78 is 1.09. The highest BCUT2D eigenvalue weighted by atomic mass is 79.9. The molecule has 0 aromatic heterocycles. The second-order valence-electron chi connectivity index (χ2n) is 5.07. The van der Waals surface area contributed by atoms with Crippen LogP contribution in [0.5, 0.6) is 0 Å². The number of thioether (sulfide) groups is 1. The molecule has 4 heteroatoms. The van der Waals surface area contributed by atoms with Crippen molar-refractivity contribution in [3.05, 3.63) is 34.3 Å². The van der Waals surface area contributed by atoms with Gasteiger partial charge in [0.2, 0.25) is 5.91 Å². The summed E-state index contributed by atoms with van der Waals surface area (Å²) in [7, 11) is 0. The summed E-state index contributed by atoms with van der Waals surface area (Å²) in [4.78, 5) is 12.0. The average Bonchev–Trinajstić information content (AvgIpc) is 2.90. The maximum Gasteiger partial charge on any atom is 0.233 e. The van der Waals surface area contributed by atoms with Gasteiger partial charge in [-0.1, -0.05) is 40.9 Å². The van der Waals surface area contributed by atoms with E-state index in [0.717, 1.165) is 23.1 Å². The molecular formula is C15H20BrNOS. The van der Waals surface area contributed by atoms with E-state index in [1.165, 1.54) is 18.4 Å². The van der Waals surface area contributed by atoms with Crippen molar-refractivity contribution in [1.82, 2.24) is 5.32 Å². The van der Waals surface area contributed by atoms with Gasteiger partial charge in [-0.3, -0.25) is 4.79 Å². The van der Waals surface area contributed by atoms with E-state index in [2.05, 4.69) is 33.4 Å². The van der Waals surface area contributed by atoms with Gasteiger partial charge in [-0.15, -0.1) is 11.8 Å². The van der Waals surface area contributed by atoms with Crippen LogP contribution in [0.3, 0.4) is 0 Å². The zero-order valence-electron chi connectivity index (χ0n) is 11.2. The molecule has 1 N–H and O–H groups in total. The molecule has 104 valence electrons. The van der Waals surface area contributed by atoms with E-state index in [4.69, 9.17) is 0 Å². The van der Waals surface area contributed by atoms with Gasteiger partial charge in [0.25, 0.3) is 0 Å². The fourth-order valence-electron chi connectivity index (χ4n) is 2.27. The number of hydrogen-bond acceptors (Lipinski definition) is 2. The number of hydrogen-bond donors (Lipinski definition) is 1. The highest BCUT2D eigenvalue weighted by molar-refractivity contribution is 9.10. The van der Waals surface area contributed by atoms with Gasteiger partial charge < -0.3 is 5.32 Å². The number of benzene rings is 1. The van der Waals surface area contributed by atoms with Gasteiger partial charge in [0, 0.05) is 16.3 Å². The van der Waals surface area contributed by atoms with Crippen molar-refractivity contribution in [2.24, 2.45) is 0 Å². The summed E-state index contributed by atoms with van der Waals surface area (Å²) >= 11 is 5.13. The van der Waals surface area contributed by atoms with E-state index in [-0.39, 0.29) is 11.2 Å². The van der Waals surface area contributed by atoms with Crippen molar-refractivity contribution in [2.45, 2.75) is 49.7 Å². The molecule has 1 amide bonds. The topological polar surface area (TPSA) is 29.1 Å². The SMILES string of the molecule is CC(SCc1ccc(Br)cc1)C(=O)NC1CCCC1. The molecular weight excluding hydrogens is 322 g/mol.